The fourth-order valence-corrected chi connectivity index (χ4v) is 5.08. The van der Waals surface area contributed by atoms with Crippen molar-refractivity contribution in [3.05, 3.63) is 59.7 Å². The summed E-state index contributed by atoms with van der Waals surface area (Å²) >= 11 is 0. The van der Waals surface area contributed by atoms with Gasteiger partial charge in [0.1, 0.15) is 0 Å². The Morgan fingerprint density at radius 2 is 1.67 bits per heavy atom. The number of Topliss-reactive ketones (excluding diaryl/α,β-unsaturated/α-hetero) is 1. The SMILES string of the molecule is Cc1ccc(S(=O)(=O)N2CCCCC2)cc1NC(=O)COC(=O)CCC(=O)c1ccccc1. The molecule has 0 saturated carbocycles. The Morgan fingerprint density at radius 1 is 0.970 bits per heavy atom. The number of anilines is 1. The molecule has 0 bridgehead atoms. The summed E-state index contributed by atoms with van der Waals surface area (Å²) in [6, 6.07) is 13.2. The van der Waals surface area contributed by atoms with Crippen LogP contribution in [0.15, 0.2) is 53.4 Å². The third kappa shape index (κ3) is 6.72. The molecule has 0 unspecified atom stereocenters. The highest BCUT2D eigenvalue weighted by molar-refractivity contribution is 7.89. The van der Waals surface area contributed by atoms with Crippen LogP contribution in [0.25, 0.3) is 0 Å². The third-order valence-electron chi connectivity index (χ3n) is 5.45. The molecule has 0 aromatic heterocycles. The minimum absolute atomic E-state index is 0.0139. The highest BCUT2D eigenvalue weighted by Gasteiger charge is 2.26. The Morgan fingerprint density at radius 3 is 2.36 bits per heavy atom. The minimum Gasteiger partial charge on any atom is -0.456 e. The highest BCUT2D eigenvalue weighted by Crippen LogP contribution is 2.25. The van der Waals surface area contributed by atoms with E-state index in [0.29, 0.717) is 29.9 Å². The molecule has 9 heteroatoms. The van der Waals surface area contributed by atoms with Gasteiger partial charge in [0.2, 0.25) is 10.0 Å². The van der Waals surface area contributed by atoms with Gasteiger partial charge >= 0.3 is 5.97 Å². The smallest absolute Gasteiger partial charge is 0.306 e. The van der Waals surface area contributed by atoms with Crippen molar-refractivity contribution in [1.29, 1.82) is 0 Å². The molecular formula is C24H28N2O6S. The third-order valence-corrected chi connectivity index (χ3v) is 7.35. The van der Waals surface area contributed by atoms with E-state index in [0.717, 1.165) is 19.3 Å². The summed E-state index contributed by atoms with van der Waals surface area (Å²) < 4.78 is 32.2. The first-order valence-corrected chi connectivity index (χ1v) is 12.4. The number of esters is 1. The van der Waals surface area contributed by atoms with Crippen LogP contribution in [0.4, 0.5) is 5.69 Å². The van der Waals surface area contributed by atoms with E-state index >= 15 is 0 Å². The first-order chi connectivity index (χ1) is 15.8. The number of ketones is 1. The van der Waals surface area contributed by atoms with Crippen molar-refractivity contribution in [1.82, 2.24) is 4.31 Å². The number of rotatable bonds is 9. The summed E-state index contributed by atoms with van der Waals surface area (Å²) in [7, 11) is -3.64. The number of amides is 1. The van der Waals surface area contributed by atoms with E-state index < -0.39 is 28.5 Å². The van der Waals surface area contributed by atoms with Crippen LogP contribution in [-0.2, 0) is 24.3 Å². The number of benzene rings is 2. The molecule has 3 rings (SSSR count). The van der Waals surface area contributed by atoms with Crippen molar-refractivity contribution in [2.75, 3.05) is 25.0 Å². The minimum atomic E-state index is -3.64. The molecular weight excluding hydrogens is 444 g/mol. The molecule has 1 N–H and O–H groups in total. The van der Waals surface area contributed by atoms with Gasteiger partial charge in [-0.05, 0) is 37.5 Å². The first kappa shape index (κ1) is 24.6. The molecule has 0 radical (unpaired) electrons. The number of nitrogens with zero attached hydrogens (tertiary/aromatic N) is 1. The van der Waals surface area contributed by atoms with Crippen LogP contribution in [0, 0.1) is 6.92 Å². The number of nitrogens with one attached hydrogen (secondary N) is 1. The topological polar surface area (TPSA) is 110 Å². The second kappa shape index (κ2) is 11.2. The maximum absolute atomic E-state index is 12.9. The van der Waals surface area contributed by atoms with E-state index in [1.165, 1.54) is 16.4 Å². The fourth-order valence-electron chi connectivity index (χ4n) is 3.54. The molecule has 1 heterocycles. The largest absolute Gasteiger partial charge is 0.456 e. The molecule has 0 aliphatic carbocycles. The van der Waals surface area contributed by atoms with E-state index in [4.69, 9.17) is 4.74 Å². The summed E-state index contributed by atoms with van der Waals surface area (Å²) in [5.41, 5.74) is 1.53. The standard InChI is InChI=1S/C24H28N2O6S/c1-18-10-11-20(33(30,31)26-14-6-3-7-15-26)16-21(18)25-23(28)17-32-24(29)13-12-22(27)19-8-4-2-5-9-19/h2,4-5,8-11,16H,3,6-7,12-15,17H2,1H3,(H,25,28). The van der Waals surface area contributed by atoms with Gasteiger partial charge in [0, 0.05) is 30.8 Å². The summed E-state index contributed by atoms with van der Waals surface area (Å²) in [6.45, 7) is 2.19. The molecule has 0 atom stereocenters. The van der Waals surface area contributed by atoms with Crippen LogP contribution in [-0.4, -0.2) is 50.1 Å². The lowest BCUT2D eigenvalue weighted by Gasteiger charge is -2.26. The summed E-state index contributed by atoms with van der Waals surface area (Å²) in [5.74, 6) is -1.43. The number of ether oxygens (including phenoxy) is 1. The Hall–Kier alpha value is -3.04. The van der Waals surface area contributed by atoms with E-state index in [1.807, 2.05) is 0 Å². The van der Waals surface area contributed by atoms with Gasteiger partial charge in [-0.3, -0.25) is 14.4 Å². The Balaban J connectivity index is 1.53. The molecule has 1 saturated heterocycles. The van der Waals surface area contributed by atoms with Crippen molar-refractivity contribution in [3.8, 4) is 0 Å². The average Bonchev–Trinajstić information content (AvgIpc) is 2.83. The maximum atomic E-state index is 12.9. The van der Waals surface area contributed by atoms with E-state index in [-0.39, 0.29) is 23.5 Å². The van der Waals surface area contributed by atoms with Gasteiger partial charge in [-0.25, -0.2) is 8.42 Å². The van der Waals surface area contributed by atoms with Crippen molar-refractivity contribution < 1.29 is 27.5 Å². The number of hydrogen-bond acceptors (Lipinski definition) is 6. The predicted molar refractivity (Wildman–Crippen MR) is 123 cm³/mol. The van der Waals surface area contributed by atoms with Crippen LogP contribution >= 0.6 is 0 Å². The Bertz CT molecular complexity index is 1110. The molecule has 1 amide bonds. The van der Waals surface area contributed by atoms with Crippen LogP contribution in [0.1, 0.15) is 48.0 Å². The molecule has 8 nitrogen and oxygen atoms in total. The quantitative estimate of drug-likeness (QED) is 0.443. The molecule has 176 valence electrons. The summed E-state index contributed by atoms with van der Waals surface area (Å²) in [4.78, 5) is 36.4. The molecule has 0 spiro atoms. The van der Waals surface area contributed by atoms with Crippen LogP contribution in [0.5, 0.6) is 0 Å². The molecule has 1 fully saturated rings. The fraction of sp³-hybridized carbons (Fsp3) is 0.375. The lowest BCUT2D eigenvalue weighted by molar-refractivity contribution is -0.147. The lowest BCUT2D eigenvalue weighted by atomic mass is 10.1. The zero-order valence-electron chi connectivity index (χ0n) is 18.6. The molecule has 2 aromatic rings. The summed E-state index contributed by atoms with van der Waals surface area (Å²) in [5, 5.41) is 2.61. The van der Waals surface area contributed by atoms with E-state index in [9.17, 15) is 22.8 Å². The molecule has 1 aliphatic rings. The number of sulfonamides is 1. The van der Waals surface area contributed by atoms with E-state index in [2.05, 4.69) is 5.32 Å². The zero-order valence-corrected chi connectivity index (χ0v) is 19.4. The Labute approximate surface area is 194 Å². The van der Waals surface area contributed by atoms with Crippen LogP contribution in [0.2, 0.25) is 0 Å². The monoisotopic (exact) mass is 472 g/mol. The Kier molecular flexibility index (Phi) is 8.35. The maximum Gasteiger partial charge on any atom is 0.306 e. The van der Waals surface area contributed by atoms with Gasteiger partial charge in [0.05, 0.1) is 11.3 Å². The van der Waals surface area contributed by atoms with E-state index in [1.54, 1.807) is 43.3 Å². The number of carbonyl (C=O) groups is 3. The van der Waals surface area contributed by atoms with Gasteiger partial charge in [-0.2, -0.15) is 4.31 Å². The van der Waals surface area contributed by atoms with Crippen molar-refractivity contribution in [2.24, 2.45) is 0 Å². The predicted octanol–water partition coefficient (Wildman–Crippen LogP) is 3.31. The zero-order chi connectivity index (χ0) is 23.8. The van der Waals surface area contributed by atoms with Gasteiger partial charge in [0.25, 0.3) is 5.91 Å². The number of hydrogen-bond donors (Lipinski definition) is 1. The second-order valence-electron chi connectivity index (χ2n) is 7.94. The van der Waals surface area contributed by atoms with Gasteiger partial charge < -0.3 is 10.1 Å². The molecule has 33 heavy (non-hydrogen) atoms. The molecule has 2 aromatic carbocycles. The number of aryl methyl sites for hydroxylation is 1. The van der Waals surface area contributed by atoms with Crippen molar-refractivity contribution in [3.63, 3.8) is 0 Å². The summed E-state index contributed by atoms with van der Waals surface area (Å²) in [6.07, 6.45) is 2.53. The number of carbonyl (C=O) groups excluding carboxylic acids is 3. The molecule has 1 aliphatic heterocycles. The van der Waals surface area contributed by atoms with Crippen LogP contribution in [0.3, 0.4) is 0 Å². The van der Waals surface area contributed by atoms with Crippen LogP contribution < -0.4 is 5.32 Å². The van der Waals surface area contributed by atoms with Gasteiger partial charge in [0.15, 0.2) is 12.4 Å². The lowest BCUT2D eigenvalue weighted by Crippen LogP contribution is -2.35. The first-order valence-electron chi connectivity index (χ1n) is 10.9. The second-order valence-corrected chi connectivity index (χ2v) is 9.88. The van der Waals surface area contributed by atoms with Crippen molar-refractivity contribution >= 4 is 33.4 Å². The highest BCUT2D eigenvalue weighted by atomic mass is 32.2. The number of piperidine rings is 1. The van der Waals surface area contributed by atoms with Gasteiger partial charge in [-0.15, -0.1) is 0 Å². The van der Waals surface area contributed by atoms with Crippen molar-refractivity contribution in [2.45, 2.75) is 43.9 Å². The average molecular weight is 473 g/mol. The van der Waals surface area contributed by atoms with Gasteiger partial charge in [-0.1, -0.05) is 42.8 Å². The normalized spacial score (nSPS) is 14.5.